The van der Waals surface area contributed by atoms with Crippen molar-refractivity contribution in [1.29, 1.82) is 0 Å². The van der Waals surface area contributed by atoms with Gasteiger partial charge in [-0.2, -0.15) is 0 Å². The number of carbonyl (C=O) groups excluding carboxylic acids is 1. The summed E-state index contributed by atoms with van der Waals surface area (Å²) in [4.78, 5) is 38.8. The Morgan fingerprint density at radius 2 is 2.10 bits per heavy atom. The second-order valence-corrected chi connectivity index (χ2v) is 7.00. The highest BCUT2D eigenvalue weighted by atomic mass is 16.5. The minimum Gasteiger partial charge on any atom is -0.497 e. The number of rotatable bonds is 5. The summed E-state index contributed by atoms with van der Waals surface area (Å²) in [7, 11) is 1.61. The van der Waals surface area contributed by atoms with Gasteiger partial charge < -0.3 is 14.6 Å². The third-order valence-corrected chi connectivity index (χ3v) is 5.07. The number of benzene rings is 1. The third-order valence-electron chi connectivity index (χ3n) is 5.07. The molecule has 1 aliphatic heterocycles. The Bertz CT molecular complexity index is 1060. The first-order chi connectivity index (χ1) is 14.1. The minimum absolute atomic E-state index is 0.00615. The number of amides is 1. The van der Waals surface area contributed by atoms with Crippen molar-refractivity contribution in [3.05, 3.63) is 76.5 Å². The van der Waals surface area contributed by atoms with Gasteiger partial charge in [-0.3, -0.25) is 14.6 Å². The Morgan fingerprint density at radius 1 is 1.21 bits per heavy atom. The summed E-state index contributed by atoms with van der Waals surface area (Å²) in [6.45, 7) is 0.644. The number of nitrogens with one attached hydrogen (secondary N) is 1. The van der Waals surface area contributed by atoms with Gasteiger partial charge in [-0.1, -0.05) is 18.2 Å². The van der Waals surface area contributed by atoms with Gasteiger partial charge in [-0.15, -0.1) is 0 Å². The van der Waals surface area contributed by atoms with Crippen LogP contribution in [-0.4, -0.2) is 39.4 Å². The van der Waals surface area contributed by atoms with Gasteiger partial charge in [0.2, 0.25) is 5.91 Å². The first-order valence-corrected chi connectivity index (χ1v) is 9.59. The number of ether oxygens (including phenoxy) is 1. The standard InChI is InChI=1S/C22H22N4O3/c1-29-16-7-4-6-15(12-16)13-21(28)26-11-5-9-19(26)22-24-18(14-20(27)25-22)17-8-2-3-10-23-17/h2-4,6-8,10,12,14,19H,5,9,11,13H2,1H3,(H,24,25,27). The smallest absolute Gasteiger partial charge is 0.251 e. The van der Waals surface area contributed by atoms with Gasteiger partial charge in [0.05, 0.1) is 31.0 Å². The molecule has 1 fully saturated rings. The molecule has 1 N–H and O–H groups in total. The molecule has 4 rings (SSSR count). The van der Waals surface area contributed by atoms with Crippen LogP contribution in [0.15, 0.2) is 59.5 Å². The van der Waals surface area contributed by atoms with Crippen LogP contribution in [0.4, 0.5) is 0 Å². The molecule has 148 valence electrons. The average molecular weight is 390 g/mol. The van der Waals surface area contributed by atoms with E-state index >= 15 is 0 Å². The topological polar surface area (TPSA) is 88.2 Å². The molecule has 7 heteroatoms. The van der Waals surface area contributed by atoms with Crippen LogP contribution in [0.1, 0.15) is 30.3 Å². The van der Waals surface area contributed by atoms with E-state index in [0.29, 0.717) is 23.8 Å². The highest BCUT2D eigenvalue weighted by molar-refractivity contribution is 5.79. The highest BCUT2D eigenvalue weighted by Crippen LogP contribution is 2.31. The molecule has 2 aromatic heterocycles. The zero-order valence-electron chi connectivity index (χ0n) is 16.2. The van der Waals surface area contributed by atoms with E-state index in [1.54, 1.807) is 18.2 Å². The van der Waals surface area contributed by atoms with Crippen molar-refractivity contribution >= 4 is 5.91 Å². The van der Waals surface area contributed by atoms with Crippen LogP contribution < -0.4 is 10.3 Å². The Hall–Kier alpha value is -3.48. The summed E-state index contributed by atoms with van der Waals surface area (Å²) in [5.74, 6) is 1.24. The van der Waals surface area contributed by atoms with Crippen molar-refractivity contribution in [3.8, 4) is 17.1 Å². The van der Waals surface area contributed by atoms with E-state index < -0.39 is 0 Å². The van der Waals surface area contributed by atoms with Crippen molar-refractivity contribution in [3.63, 3.8) is 0 Å². The van der Waals surface area contributed by atoms with Crippen LogP contribution >= 0.6 is 0 Å². The maximum Gasteiger partial charge on any atom is 0.251 e. The van der Waals surface area contributed by atoms with E-state index in [1.807, 2.05) is 42.5 Å². The lowest BCUT2D eigenvalue weighted by Gasteiger charge is -2.24. The lowest BCUT2D eigenvalue weighted by Crippen LogP contribution is -2.33. The molecule has 7 nitrogen and oxygen atoms in total. The lowest BCUT2D eigenvalue weighted by molar-refractivity contribution is -0.131. The summed E-state index contributed by atoms with van der Waals surface area (Å²) < 4.78 is 5.24. The molecule has 1 aliphatic rings. The fraction of sp³-hybridized carbons (Fsp3) is 0.273. The third kappa shape index (κ3) is 4.18. The van der Waals surface area contributed by atoms with Gasteiger partial charge in [0, 0.05) is 18.8 Å². The molecule has 0 aliphatic carbocycles. The molecule has 0 radical (unpaired) electrons. The van der Waals surface area contributed by atoms with E-state index in [0.717, 1.165) is 24.2 Å². The Morgan fingerprint density at radius 3 is 2.90 bits per heavy atom. The molecular formula is C22H22N4O3. The number of hydrogen-bond donors (Lipinski definition) is 1. The van der Waals surface area contributed by atoms with Crippen molar-refractivity contribution in [2.45, 2.75) is 25.3 Å². The largest absolute Gasteiger partial charge is 0.497 e. The summed E-state index contributed by atoms with van der Waals surface area (Å²) >= 11 is 0. The molecule has 0 spiro atoms. The van der Waals surface area contributed by atoms with E-state index in [1.165, 1.54) is 6.07 Å². The van der Waals surface area contributed by atoms with Crippen LogP contribution in [0.2, 0.25) is 0 Å². The molecular weight excluding hydrogens is 368 g/mol. The molecule has 1 atom stereocenters. The van der Waals surface area contributed by atoms with Crippen LogP contribution in [0, 0.1) is 0 Å². The molecule has 1 saturated heterocycles. The molecule has 29 heavy (non-hydrogen) atoms. The SMILES string of the molecule is COc1cccc(CC(=O)N2CCCC2c2nc(-c3ccccn3)cc(=O)[nH]2)c1. The number of hydrogen-bond acceptors (Lipinski definition) is 5. The fourth-order valence-electron chi connectivity index (χ4n) is 3.69. The van der Waals surface area contributed by atoms with Gasteiger partial charge in [0.15, 0.2) is 0 Å². The summed E-state index contributed by atoms with van der Waals surface area (Å²) in [5.41, 5.74) is 1.79. The van der Waals surface area contributed by atoms with Crippen molar-refractivity contribution < 1.29 is 9.53 Å². The van der Waals surface area contributed by atoms with Crippen LogP contribution in [0.3, 0.4) is 0 Å². The number of aromatic nitrogens is 3. The van der Waals surface area contributed by atoms with E-state index in [4.69, 9.17) is 4.74 Å². The quantitative estimate of drug-likeness (QED) is 0.724. The molecule has 1 aromatic carbocycles. The zero-order chi connectivity index (χ0) is 20.2. The summed E-state index contributed by atoms with van der Waals surface area (Å²) in [6, 6.07) is 14.2. The van der Waals surface area contributed by atoms with Gasteiger partial charge in [-0.05, 0) is 42.7 Å². The molecule has 1 amide bonds. The molecule has 0 saturated carbocycles. The first-order valence-electron chi connectivity index (χ1n) is 9.59. The molecule has 0 bridgehead atoms. The normalized spacial score (nSPS) is 16.0. The van der Waals surface area contributed by atoms with Crippen molar-refractivity contribution in [2.24, 2.45) is 0 Å². The Balaban J connectivity index is 1.59. The van der Waals surface area contributed by atoms with Crippen LogP contribution in [0.25, 0.3) is 11.4 Å². The molecule has 3 aromatic rings. The number of methoxy groups -OCH3 is 1. The van der Waals surface area contributed by atoms with Crippen molar-refractivity contribution in [1.82, 2.24) is 19.9 Å². The van der Waals surface area contributed by atoms with Crippen molar-refractivity contribution in [2.75, 3.05) is 13.7 Å². The fourth-order valence-corrected chi connectivity index (χ4v) is 3.69. The van der Waals surface area contributed by atoms with Crippen LogP contribution in [-0.2, 0) is 11.2 Å². The van der Waals surface area contributed by atoms with E-state index in [9.17, 15) is 9.59 Å². The zero-order valence-corrected chi connectivity index (χ0v) is 16.2. The first kappa shape index (κ1) is 18.9. The van der Waals surface area contributed by atoms with E-state index in [-0.39, 0.29) is 23.9 Å². The number of nitrogens with zero attached hydrogens (tertiary/aromatic N) is 3. The predicted octanol–water partition coefficient (Wildman–Crippen LogP) is 2.75. The second kappa shape index (κ2) is 8.26. The number of pyridine rings is 1. The average Bonchev–Trinajstić information content (AvgIpc) is 3.24. The van der Waals surface area contributed by atoms with Gasteiger partial charge in [0.25, 0.3) is 5.56 Å². The second-order valence-electron chi connectivity index (χ2n) is 7.00. The Labute approximate surface area is 168 Å². The number of carbonyl (C=O) groups is 1. The highest BCUT2D eigenvalue weighted by Gasteiger charge is 2.32. The lowest BCUT2D eigenvalue weighted by atomic mass is 10.1. The Kier molecular flexibility index (Phi) is 5.37. The van der Waals surface area contributed by atoms with Crippen LogP contribution in [0.5, 0.6) is 5.75 Å². The molecule has 3 heterocycles. The predicted molar refractivity (Wildman–Crippen MR) is 108 cm³/mol. The monoisotopic (exact) mass is 390 g/mol. The number of aromatic amines is 1. The molecule has 1 unspecified atom stereocenters. The van der Waals surface area contributed by atoms with Gasteiger partial charge in [-0.25, -0.2) is 4.98 Å². The summed E-state index contributed by atoms with van der Waals surface area (Å²) in [5, 5.41) is 0. The number of likely N-dealkylation sites (tertiary alicyclic amines) is 1. The number of H-pyrrole nitrogens is 1. The van der Waals surface area contributed by atoms with E-state index in [2.05, 4.69) is 15.0 Å². The summed E-state index contributed by atoms with van der Waals surface area (Å²) in [6.07, 6.45) is 3.57. The van der Waals surface area contributed by atoms with Gasteiger partial charge in [0.1, 0.15) is 11.6 Å². The minimum atomic E-state index is -0.247. The van der Waals surface area contributed by atoms with Gasteiger partial charge >= 0.3 is 0 Å². The maximum absolute atomic E-state index is 13.0. The maximum atomic E-state index is 13.0.